The summed E-state index contributed by atoms with van der Waals surface area (Å²) in [5.41, 5.74) is 1.19. The highest BCUT2D eigenvalue weighted by Gasteiger charge is 2.23. The number of aliphatic hydroxyl groups excluding tert-OH is 1. The van der Waals surface area contributed by atoms with Crippen molar-refractivity contribution in [2.45, 2.75) is 20.0 Å². The maximum absolute atomic E-state index is 11.3. The molecule has 1 aromatic carbocycles. The lowest BCUT2D eigenvalue weighted by atomic mass is 10.2. The van der Waals surface area contributed by atoms with E-state index in [1.807, 2.05) is 36.1 Å². The van der Waals surface area contributed by atoms with Gasteiger partial charge in [-0.1, -0.05) is 17.7 Å². The molecule has 1 unspecified atom stereocenters. The average Bonchev–Trinajstić information content (AvgIpc) is 2.47. The number of hydrogen-bond donors (Lipinski definition) is 2. The number of amides is 1. The predicted octanol–water partition coefficient (Wildman–Crippen LogP) is -0.518. The Labute approximate surface area is 126 Å². The molecule has 116 valence electrons. The van der Waals surface area contributed by atoms with E-state index in [2.05, 4.69) is 0 Å². The lowest BCUT2D eigenvalue weighted by Crippen LogP contribution is -3.15. The van der Waals surface area contributed by atoms with E-state index in [9.17, 15) is 9.90 Å². The van der Waals surface area contributed by atoms with Gasteiger partial charge in [-0.25, -0.2) is 0 Å². The van der Waals surface area contributed by atoms with Crippen molar-refractivity contribution in [1.29, 1.82) is 0 Å². The molecular weight excluding hydrogens is 268 g/mol. The van der Waals surface area contributed by atoms with E-state index in [1.54, 1.807) is 6.92 Å². The lowest BCUT2D eigenvalue weighted by Gasteiger charge is -2.32. The molecule has 1 amide bonds. The molecule has 0 aliphatic carbocycles. The number of carbonyl (C=O) groups is 1. The fourth-order valence-electron chi connectivity index (χ4n) is 2.56. The zero-order valence-electron chi connectivity index (χ0n) is 12.8. The molecule has 5 heteroatoms. The Hall–Kier alpha value is -1.59. The number of rotatable bonds is 5. The van der Waals surface area contributed by atoms with Crippen LogP contribution in [0, 0.1) is 6.92 Å². The number of aliphatic hydroxyl groups is 1. The van der Waals surface area contributed by atoms with Gasteiger partial charge in [-0.15, -0.1) is 0 Å². The minimum atomic E-state index is -0.481. The van der Waals surface area contributed by atoms with E-state index >= 15 is 0 Å². The van der Waals surface area contributed by atoms with Crippen LogP contribution in [0.5, 0.6) is 5.75 Å². The third-order valence-electron chi connectivity index (χ3n) is 3.90. The largest absolute Gasteiger partial charge is 0.491 e. The summed E-state index contributed by atoms with van der Waals surface area (Å²) >= 11 is 0. The van der Waals surface area contributed by atoms with E-state index in [0.717, 1.165) is 31.9 Å². The minimum absolute atomic E-state index is 0.136. The molecule has 0 aromatic heterocycles. The van der Waals surface area contributed by atoms with E-state index in [0.29, 0.717) is 13.2 Å². The second-order valence-electron chi connectivity index (χ2n) is 5.74. The van der Waals surface area contributed by atoms with Crippen LogP contribution < -0.4 is 9.64 Å². The Morgan fingerprint density at radius 3 is 2.52 bits per heavy atom. The maximum atomic E-state index is 11.3. The summed E-state index contributed by atoms with van der Waals surface area (Å²) in [7, 11) is 0. The first-order chi connectivity index (χ1) is 10.0. The Kier molecular flexibility index (Phi) is 5.59. The molecule has 5 nitrogen and oxygen atoms in total. The number of nitrogens with one attached hydrogen (secondary N) is 1. The average molecular weight is 293 g/mol. The van der Waals surface area contributed by atoms with Gasteiger partial charge in [0.1, 0.15) is 25.0 Å². The molecule has 0 spiro atoms. The van der Waals surface area contributed by atoms with Crippen molar-refractivity contribution < 1.29 is 19.5 Å². The first-order valence-electron chi connectivity index (χ1n) is 7.51. The molecule has 1 fully saturated rings. The van der Waals surface area contributed by atoms with Crippen LogP contribution in [0.25, 0.3) is 0 Å². The molecular formula is C16H25N2O3+. The second-order valence-corrected chi connectivity index (χ2v) is 5.74. The van der Waals surface area contributed by atoms with Crippen LogP contribution in [0.4, 0.5) is 0 Å². The summed E-state index contributed by atoms with van der Waals surface area (Å²) in [6.45, 7) is 7.94. The number of hydrogen-bond acceptors (Lipinski definition) is 3. The van der Waals surface area contributed by atoms with E-state index in [1.165, 1.54) is 10.5 Å². The molecule has 1 heterocycles. The summed E-state index contributed by atoms with van der Waals surface area (Å²) in [5, 5.41) is 10.1. The standard InChI is InChI=1S/C16H24N2O3/c1-13-3-5-16(6-4-13)21-12-15(20)11-17-7-9-18(10-8-17)14(2)19/h3-6,15,20H,7-12H2,1-2H3/p+1. The molecule has 1 aromatic rings. The quantitative estimate of drug-likeness (QED) is 0.768. The van der Waals surface area contributed by atoms with Gasteiger partial charge < -0.3 is 19.6 Å². The highest BCUT2D eigenvalue weighted by Crippen LogP contribution is 2.11. The molecule has 1 atom stereocenters. The van der Waals surface area contributed by atoms with E-state index in [-0.39, 0.29) is 5.91 Å². The fourth-order valence-corrected chi connectivity index (χ4v) is 2.56. The molecule has 0 saturated carbocycles. The number of nitrogens with zero attached hydrogens (tertiary/aromatic N) is 1. The Morgan fingerprint density at radius 1 is 1.33 bits per heavy atom. The van der Waals surface area contributed by atoms with E-state index < -0.39 is 6.10 Å². The van der Waals surface area contributed by atoms with Crippen LogP contribution in [0.1, 0.15) is 12.5 Å². The lowest BCUT2D eigenvalue weighted by molar-refractivity contribution is -0.907. The van der Waals surface area contributed by atoms with Crippen molar-refractivity contribution in [3.8, 4) is 5.75 Å². The third-order valence-corrected chi connectivity index (χ3v) is 3.90. The van der Waals surface area contributed by atoms with Gasteiger partial charge in [-0.05, 0) is 19.1 Å². The maximum Gasteiger partial charge on any atom is 0.219 e. The van der Waals surface area contributed by atoms with Crippen LogP contribution in [-0.4, -0.2) is 61.3 Å². The van der Waals surface area contributed by atoms with Gasteiger partial charge in [0.05, 0.1) is 26.2 Å². The fraction of sp³-hybridized carbons (Fsp3) is 0.562. The first kappa shape index (κ1) is 15.8. The number of quaternary nitrogens is 1. The summed E-state index contributed by atoms with van der Waals surface area (Å²) in [6.07, 6.45) is -0.481. The number of piperazine rings is 1. The minimum Gasteiger partial charge on any atom is -0.491 e. The molecule has 1 aliphatic heterocycles. The zero-order chi connectivity index (χ0) is 15.2. The Bertz CT molecular complexity index is 453. The first-order valence-corrected chi connectivity index (χ1v) is 7.51. The van der Waals surface area contributed by atoms with Gasteiger partial charge in [0.2, 0.25) is 5.91 Å². The van der Waals surface area contributed by atoms with Gasteiger partial charge in [0.25, 0.3) is 0 Å². The molecule has 1 saturated heterocycles. The topological polar surface area (TPSA) is 54.2 Å². The van der Waals surface area contributed by atoms with Gasteiger partial charge in [-0.3, -0.25) is 4.79 Å². The van der Waals surface area contributed by atoms with Crippen LogP contribution in [0.2, 0.25) is 0 Å². The van der Waals surface area contributed by atoms with Gasteiger partial charge >= 0.3 is 0 Å². The van der Waals surface area contributed by atoms with Gasteiger partial charge in [-0.2, -0.15) is 0 Å². The van der Waals surface area contributed by atoms with Crippen LogP contribution in [-0.2, 0) is 4.79 Å². The molecule has 0 radical (unpaired) electrons. The number of benzene rings is 1. The summed E-state index contributed by atoms with van der Waals surface area (Å²) in [6, 6.07) is 7.82. The summed E-state index contributed by atoms with van der Waals surface area (Å²) in [4.78, 5) is 14.4. The van der Waals surface area contributed by atoms with Gasteiger partial charge in [0, 0.05) is 6.92 Å². The second kappa shape index (κ2) is 7.43. The van der Waals surface area contributed by atoms with Crippen molar-refractivity contribution in [3.63, 3.8) is 0 Å². The highest BCUT2D eigenvalue weighted by atomic mass is 16.5. The van der Waals surface area contributed by atoms with Crippen LogP contribution in [0.15, 0.2) is 24.3 Å². The number of ether oxygens (including phenoxy) is 1. The SMILES string of the molecule is CC(=O)N1CC[NH+](CC(O)COc2ccc(C)cc2)CC1. The Morgan fingerprint density at radius 2 is 1.95 bits per heavy atom. The van der Waals surface area contributed by atoms with Crippen molar-refractivity contribution >= 4 is 5.91 Å². The molecule has 0 bridgehead atoms. The van der Waals surface area contributed by atoms with Crippen molar-refractivity contribution in [1.82, 2.24) is 4.90 Å². The summed E-state index contributed by atoms with van der Waals surface area (Å²) < 4.78 is 5.60. The third kappa shape index (κ3) is 5.02. The van der Waals surface area contributed by atoms with Crippen molar-refractivity contribution in [2.75, 3.05) is 39.3 Å². The Balaban J connectivity index is 1.69. The molecule has 2 N–H and O–H groups in total. The normalized spacial score (nSPS) is 17.6. The predicted molar refractivity (Wildman–Crippen MR) is 80.5 cm³/mol. The highest BCUT2D eigenvalue weighted by molar-refractivity contribution is 5.73. The van der Waals surface area contributed by atoms with E-state index in [4.69, 9.17) is 4.74 Å². The molecule has 21 heavy (non-hydrogen) atoms. The van der Waals surface area contributed by atoms with Crippen molar-refractivity contribution in [2.24, 2.45) is 0 Å². The zero-order valence-corrected chi connectivity index (χ0v) is 12.8. The monoisotopic (exact) mass is 293 g/mol. The number of aryl methyl sites for hydroxylation is 1. The van der Waals surface area contributed by atoms with Crippen molar-refractivity contribution in [3.05, 3.63) is 29.8 Å². The van der Waals surface area contributed by atoms with Gasteiger partial charge in [0.15, 0.2) is 0 Å². The molecule has 2 rings (SSSR count). The molecule has 1 aliphatic rings. The number of carbonyl (C=O) groups excluding carboxylic acids is 1. The summed E-state index contributed by atoms with van der Waals surface area (Å²) in [5.74, 6) is 0.924. The smallest absolute Gasteiger partial charge is 0.219 e. The van der Waals surface area contributed by atoms with Crippen LogP contribution in [0.3, 0.4) is 0 Å². The van der Waals surface area contributed by atoms with Crippen LogP contribution >= 0.6 is 0 Å².